The Kier molecular flexibility index (Phi) is 3.21. The summed E-state index contributed by atoms with van der Waals surface area (Å²) in [5.74, 6) is -2.39. The molecule has 0 aromatic rings. The van der Waals surface area contributed by atoms with Gasteiger partial charge in [-0.25, -0.2) is 9.69 Å². The van der Waals surface area contributed by atoms with Gasteiger partial charge < -0.3 is 9.84 Å². The summed E-state index contributed by atoms with van der Waals surface area (Å²) < 4.78 is 4.99. The first kappa shape index (κ1) is 12.5. The molecule has 0 aliphatic carbocycles. The van der Waals surface area contributed by atoms with Crippen LogP contribution in [0.15, 0.2) is 0 Å². The molecule has 0 radical (unpaired) electrons. The Bertz CT molecular complexity index is 331. The third kappa shape index (κ3) is 2.95. The predicted octanol–water partition coefficient (Wildman–Crippen LogP) is 0.855. The maximum Gasteiger partial charge on any atom is 0.417 e. The van der Waals surface area contributed by atoms with Gasteiger partial charge in [0.1, 0.15) is 5.60 Å². The van der Waals surface area contributed by atoms with Crippen molar-refractivity contribution in [3.05, 3.63) is 0 Å². The van der Waals surface area contributed by atoms with Crippen molar-refractivity contribution in [3.63, 3.8) is 0 Å². The number of carbonyl (C=O) groups is 3. The SMILES string of the molecule is CC(C)(C)OC(=O)N1CC(C(=O)O)CC1=O. The molecule has 0 aromatic carbocycles. The van der Waals surface area contributed by atoms with Crippen molar-refractivity contribution in [1.29, 1.82) is 0 Å². The summed E-state index contributed by atoms with van der Waals surface area (Å²) in [6.45, 7) is 4.93. The molecular formula is C10H15NO5. The Labute approximate surface area is 93.2 Å². The van der Waals surface area contributed by atoms with Crippen LogP contribution in [0.1, 0.15) is 27.2 Å². The van der Waals surface area contributed by atoms with Crippen molar-refractivity contribution in [2.75, 3.05) is 6.54 Å². The molecule has 16 heavy (non-hydrogen) atoms. The topological polar surface area (TPSA) is 83.9 Å². The molecule has 1 rings (SSSR count). The van der Waals surface area contributed by atoms with Gasteiger partial charge >= 0.3 is 12.1 Å². The molecule has 0 saturated carbocycles. The first-order chi connectivity index (χ1) is 7.20. The highest BCUT2D eigenvalue weighted by Crippen LogP contribution is 2.20. The number of imide groups is 1. The van der Waals surface area contributed by atoms with Crippen LogP contribution in [0.3, 0.4) is 0 Å². The number of carboxylic acid groups (broad SMARTS) is 1. The molecule has 6 heteroatoms. The average Bonchev–Trinajstić information content (AvgIpc) is 2.44. The highest BCUT2D eigenvalue weighted by molar-refractivity contribution is 5.96. The lowest BCUT2D eigenvalue weighted by atomic mass is 10.1. The average molecular weight is 229 g/mol. The van der Waals surface area contributed by atoms with Crippen LogP contribution in [-0.4, -0.2) is 40.1 Å². The minimum absolute atomic E-state index is 0.108. The molecule has 1 saturated heterocycles. The van der Waals surface area contributed by atoms with Gasteiger partial charge in [0.15, 0.2) is 0 Å². The monoisotopic (exact) mass is 229 g/mol. The molecule has 0 spiro atoms. The molecule has 1 N–H and O–H groups in total. The Hall–Kier alpha value is -1.59. The molecule has 90 valence electrons. The van der Waals surface area contributed by atoms with Crippen molar-refractivity contribution in [2.45, 2.75) is 32.8 Å². The molecule has 0 aromatic heterocycles. The molecule has 1 aliphatic heterocycles. The van der Waals surface area contributed by atoms with E-state index in [0.29, 0.717) is 0 Å². The number of hydrogen-bond acceptors (Lipinski definition) is 4. The second-order valence-electron chi connectivity index (χ2n) is 4.72. The van der Waals surface area contributed by atoms with Crippen LogP contribution in [0.2, 0.25) is 0 Å². The predicted molar refractivity (Wildman–Crippen MR) is 53.7 cm³/mol. The van der Waals surface area contributed by atoms with E-state index in [1.165, 1.54) is 0 Å². The summed E-state index contributed by atoms with van der Waals surface area (Å²) in [5.41, 5.74) is -0.696. The zero-order valence-electron chi connectivity index (χ0n) is 9.52. The van der Waals surface area contributed by atoms with E-state index in [2.05, 4.69) is 0 Å². The molecule has 6 nitrogen and oxygen atoms in total. The molecule has 1 unspecified atom stereocenters. The van der Waals surface area contributed by atoms with E-state index in [0.717, 1.165) is 4.90 Å². The highest BCUT2D eigenvalue weighted by atomic mass is 16.6. The van der Waals surface area contributed by atoms with Gasteiger partial charge in [0.05, 0.1) is 5.92 Å². The third-order valence-electron chi connectivity index (χ3n) is 2.09. The molecule has 1 heterocycles. The van der Waals surface area contributed by atoms with Gasteiger partial charge in [0, 0.05) is 13.0 Å². The van der Waals surface area contributed by atoms with Gasteiger partial charge in [-0.3, -0.25) is 9.59 Å². The van der Waals surface area contributed by atoms with Crippen molar-refractivity contribution in [2.24, 2.45) is 5.92 Å². The van der Waals surface area contributed by atoms with E-state index < -0.39 is 29.5 Å². The molecule has 1 fully saturated rings. The fourth-order valence-corrected chi connectivity index (χ4v) is 1.37. The number of nitrogens with zero attached hydrogens (tertiary/aromatic N) is 1. The van der Waals surface area contributed by atoms with Crippen LogP contribution in [0.5, 0.6) is 0 Å². The minimum atomic E-state index is -1.07. The fraction of sp³-hybridized carbons (Fsp3) is 0.700. The van der Waals surface area contributed by atoms with Crippen LogP contribution < -0.4 is 0 Å². The summed E-state index contributed by atoms with van der Waals surface area (Å²) >= 11 is 0. The molecule has 2 amide bonds. The standard InChI is InChI=1S/C10H15NO5/c1-10(2,3)16-9(15)11-5-6(8(13)14)4-7(11)12/h6H,4-5H2,1-3H3,(H,13,14). The van der Waals surface area contributed by atoms with Crippen LogP contribution in [0, 0.1) is 5.92 Å². The summed E-state index contributed by atoms with van der Waals surface area (Å²) in [6.07, 6.45) is -0.921. The van der Waals surface area contributed by atoms with Crippen molar-refractivity contribution in [3.8, 4) is 0 Å². The number of ether oxygens (including phenoxy) is 1. The number of hydrogen-bond donors (Lipinski definition) is 1. The van der Waals surface area contributed by atoms with Crippen molar-refractivity contribution < 1.29 is 24.2 Å². The Morgan fingerprint density at radius 3 is 2.38 bits per heavy atom. The molecular weight excluding hydrogens is 214 g/mol. The highest BCUT2D eigenvalue weighted by Gasteiger charge is 2.39. The van der Waals surface area contributed by atoms with Crippen LogP contribution in [0.4, 0.5) is 4.79 Å². The first-order valence-corrected chi connectivity index (χ1v) is 4.97. The molecule has 1 atom stereocenters. The lowest BCUT2D eigenvalue weighted by Crippen LogP contribution is -2.38. The minimum Gasteiger partial charge on any atom is -0.481 e. The lowest BCUT2D eigenvalue weighted by molar-refractivity contribution is -0.141. The summed E-state index contributed by atoms with van der Waals surface area (Å²) in [4.78, 5) is 34.4. The number of carboxylic acids is 1. The maximum absolute atomic E-state index is 11.5. The maximum atomic E-state index is 11.5. The summed E-state index contributed by atoms with van der Waals surface area (Å²) in [6, 6.07) is 0. The molecule has 0 bridgehead atoms. The van der Waals surface area contributed by atoms with E-state index in [-0.39, 0.29) is 13.0 Å². The zero-order valence-corrected chi connectivity index (χ0v) is 9.52. The van der Waals surface area contributed by atoms with E-state index in [9.17, 15) is 14.4 Å². The summed E-state index contributed by atoms with van der Waals surface area (Å²) in [7, 11) is 0. The van der Waals surface area contributed by atoms with E-state index in [4.69, 9.17) is 9.84 Å². The van der Waals surface area contributed by atoms with Crippen molar-refractivity contribution in [1.82, 2.24) is 4.90 Å². The Balaban J connectivity index is 2.65. The van der Waals surface area contributed by atoms with Gasteiger partial charge in [-0.2, -0.15) is 0 Å². The number of amides is 2. The number of aliphatic carboxylic acids is 1. The van der Waals surface area contributed by atoms with Crippen molar-refractivity contribution >= 4 is 18.0 Å². The van der Waals surface area contributed by atoms with Crippen LogP contribution in [0.25, 0.3) is 0 Å². The van der Waals surface area contributed by atoms with E-state index in [1.54, 1.807) is 20.8 Å². The Morgan fingerprint density at radius 1 is 1.44 bits per heavy atom. The van der Waals surface area contributed by atoms with E-state index >= 15 is 0 Å². The number of carbonyl (C=O) groups excluding carboxylic acids is 2. The zero-order chi connectivity index (χ0) is 12.5. The largest absolute Gasteiger partial charge is 0.481 e. The first-order valence-electron chi connectivity index (χ1n) is 4.97. The number of likely N-dealkylation sites (tertiary alicyclic amines) is 1. The smallest absolute Gasteiger partial charge is 0.417 e. The quantitative estimate of drug-likeness (QED) is 0.720. The normalized spacial score (nSPS) is 21.1. The molecule has 1 aliphatic rings. The van der Waals surface area contributed by atoms with Gasteiger partial charge in [-0.1, -0.05) is 0 Å². The lowest BCUT2D eigenvalue weighted by Gasteiger charge is -2.23. The van der Waals surface area contributed by atoms with E-state index in [1.807, 2.05) is 0 Å². The van der Waals surface area contributed by atoms with Gasteiger partial charge in [-0.15, -0.1) is 0 Å². The number of rotatable bonds is 1. The van der Waals surface area contributed by atoms with Crippen LogP contribution >= 0.6 is 0 Å². The van der Waals surface area contributed by atoms with Gasteiger partial charge in [0.25, 0.3) is 0 Å². The summed E-state index contributed by atoms with van der Waals surface area (Å²) in [5, 5.41) is 8.73. The second-order valence-corrected chi connectivity index (χ2v) is 4.72. The third-order valence-corrected chi connectivity index (χ3v) is 2.09. The second kappa shape index (κ2) is 4.11. The van der Waals surface area contributed by atoms with Gasteiger partial charge in [-0.05, 0) is 20.8 Å². The van der Waals surface area contributed by atoms with Crippen LogP contribution in [-0.2, 0) is 14.3 Å². The Morgan fingerprint density at radius 2 is 2.00 bits per heavy atom. The van der Waals surface area contributed by atoms with Gasteiger partial charge in [0.2, 0.25) is 5.91 Å². The fourth-order valence-electron chi connectivity index (χ4n) is 1.37.